The molecule has 8 nitrogen and oxygen atoms in total. The monoisotopic (exact) mass is 406 g/mol. The van der Waals surface area contributed by atoms with Crippen LogP contribution in [0.25, 0.3) is 16.6 Å². The Bertz CT molecular complexity index is 1310. The molecule has 1 N–H and O–H groups in total. The summed E-state index contributed by atoms with van der Waals surface area (Å²) in [5.41, 5.74) is 2.69. The van der Waals surface area contributed by atoms with Crippen LogP contribution in [0.2, 0.25) is 0 Å². The lowest BCUT2D eigenvalue weighted by molar-refractivity contribution is -0.122. The van der Waals surface area contributed by atoms with Gasteiger partial charge in [0, 0.05) is 23.7 Å². The van der Waals surface area contributed by atoms with Gasteiger partial charge < -0.3 is 14.8 Å². The average molecular weight is 406 g/mol. The minimum absolute atomic E-state index is 0.0860. The van der Waals surface area contributed by atoms with Crippen LogP contribution in [0.5, 0.6) is 11.5 Å². The predicted octanol–water partition coefficient (Wildman–Crippen LogP) is 2.29. The lowest BCUT2D eigenvalue weighted by Gasteiger charge is -2.12. The van der Waals surface area contributed by atoms with Gasteiger partial charge in [0.2, 0.25) is 5.91 Å². The molecule has 0 fully saturated rings. The maximum Gasteiger partial charge on any atom is 0.273 e. The van der Waals surface area contributed by atoms with E-state index in [1.54, 1.807) is 20.3 Å². The highest BCUT2D eigenvalue weighted by Gasteiger charge is 2.15. The highest BCUT2D eigenvalue weighted by Crippen LogP contribution is 2.27. The number of methoxy groups -OCH3 is 2. The molecule has 0 spiro atoms. The summed E-state index contributed by atoms with van der Waals surface area (Å²) in [7, 11) is 3.15. The summed E-state index contributed by atoms with van der Waals surface area (Å²) in [5, 5.41) is 3.76. The minimum Gasteiger partial charge on any atom is -0.493 e. The van der Waals surface area contributed by atoms with Crippen LogP contribution in [0.1, 0.15) is 11.3 Å². The van der Waals surface area contributed by atoms with Crippen molar-refractivity contribution >= 4 is 22.5 Å². The molecule has 1 amide bonds. The highest BCUT2D eigenvalue weighted by molar-refractivity contribution is 5.93. The first kappa shape index (κ1) is 19.5. The van der Waals surface area contributed by atoms with Crippen molar-refractivity contribution in [3.8, 4) is 11.5 Å². The van der Waals surface area contributed by atoms with Crippen LogP contribution in [-0.2, 0) is 17.9 Å². The molecule has 0 aliphatic rings. The molecule has 2 heterocycles. The fourth-order valence-corrected chi connectivity index (χ4v) is 3.60. The van der Waals surface area contributed by atoms with Crippen molar-refractivity contribution in [1.29, 1.82) is 0 Å². The van der Waals surface area contributed by atoms with Gasteiger partial charge in [0.15, 0.2) is 17.1 Å². The molecule has 0 radical (unpaired) electrons. The number of amides is 1. The van der Waals surface area contributed by atoms with Gasteiger partial charge in [0.25, 0.3) is 5.56 Å². The quantitative estimate of drug-likeness (QED) is 0.531. The van der Waals surface area contributed by atoms with E-state index in [1.165, 1.54) is 6.07 Å². The zero-order valence-corrected chi connectivity index (χ0v) is 17.0. The van der Waals surface area contributed by atoms with E-state index in [2.05, 4.69) is 10.3 Å². The molecule has 0 saturated carbocycles. The van der Waals surface area contributed by atoms with Crippen molar-refractivity contribution in [3.63, 3.8) is 0 Å². The summed E-state index contributed by atoms with van der Waals surface area (Å²) in [5.74, 6) is 1.08. The third-order valence-corrected chi connectivity index (χ3v) is 4.98. The molecule has 8 heteroatoms. The van der Waals surface area contributed by atoms with Gasteiger partial charge in [0.05, 0.1) is 19.7 Å². The molecule has 0 bridgehead atoms. The molecule has 4 rings (SSSR count). The molecule has 0 saturated heterocycles. The van der Waals surface area contributed by atoms with Crippen LogP contribution in [0.15, 0.2) is 53.3 Å². The summed E-state index contributed by atoms with van der Waals surface area (Å²) < 4.78 is 14.2. The number of hydrogen-bond acceptors (Lipinski definition) is 5. The lowest BCUT2D eigenvalue weighted by Crippen LogP contribution is -2.29. The number of fused-ring (bicyclic) bond motifs is 3. The van der Waals surface area contributed by atoms with E-state index >= 15 is 0 Å². The molecule has 30 heavy (non-hydrogen) atoms. The molecule has 0 aliphatic heterocycles. The zero-order valence-electron chi connectivity index (χ0n) is 17.0. The van der Waals surface area contributed by atoms with Gasteiger partial charge in [-0.15, -0.1) is 0 Å². The Balaban J connectivity index is 1.61. The Hall–Kier alpha value is -3.81. The lowest BCUT2D eigenvalue weighted by atomic mass is 10.2. The van der Waals surface area contributed by atoms with Gasteiger partial charge in [-0.3, -0.25) is 14.3 Å². The van der Waals surface area contributed by atoms with Crippen LogP contribution >= 0.6 is 0 Å². The van der Waals surface area contributed by atoms with Gasteiger partial charge in [-0.1, -0.05) is 18.2 Å². The number of nitrogens with one attached hydrogen (secondary N) is 1. The molecule has 0 aliphatic carbocycles. The second kappa shape index (κ2) is 7.90. The zero-order chi connectivity index (χ0) is 21.3. The number of carbonyl (C=O) groups excluding carboxylic acids is 1. The van der Waals surface area contributed by atoms with E-state index in [1.807, 2.05) is 52.5 Å². The highest BCUT2D eigenvalue weighted by atomic mass is 16.5. The van der Waals surface area contributed by atoms with Crippen molar-refractivity contribution in [2.75, 3.05) is 14.2 Å². The van der Waals surface area contributed by atoms with Crippen molar-refractivity contribution in [2.45, 2.75) is 20.0 Å². The standard InChI is InChI=1S/C22H22N4O4/c1-14-10-20(27)24-22-16-6-4-5-7-17(16)25(26(14)22)13-21(28)23-12-15-8-9-18(29-2)19(11-15)30-3/h4-11H,12-13H2,1-3H3,(H,23,28). The SMILES string of the molecule is COc1ccc(CNC(=O)Cn2c3ccccc3c3nc(=O)cc(C)n32)cc1OC. The second-order valence-corrected chi connectivity index (χ2v) is 6.91. The van der Waals surface area contributed by atoms with Gasteiger partial charge in [0.1, 0.15) is 6.54 Å². The van der Waals surface area contributed by atoms with E-state index < -0.39 is 0 Å². The van der Waals surface area contributed by atoms with Gasteiger partial charge in [-0.05, 0) is 36.8 Å². The van der Waals surface area contributed by atoms with Crippen LogP contribution < -0.4 is 20.3 Å². The minimum atomic E-state index is -0.298. The van der Waals surface area contributed by atoms with Gasteiger partial charge in [-0.25, -0.2) is 4.52 Å². The molecule has 0 unspecified atom stereocenters. The summed E-state index contributed by atoms with van der Waals surface area (Å²) in [6, 6.07) is 14.6. The van der Waals surface area contributed by atoms with Crippen LogP contribution in [0, 0.1) is 6.92 Å². The van der Waals surface area contributed by atoms with Crippen molar-refractivity contribution < 1.29 is 14.3 Å². The normalized spacial score (nSPS) is 11.0. The first-order chi connectivity index (χ1) is 14.5. The number of nitrogens with zero attached hydrogens (tertiary/aromatic N) is 3. The maximum atomic E-state index is 12.7. The number of hydrogen-bond donors (Lipinski definition) is 1. The molecule has 2 aromatic carbocycles. The van der Waals surface area contributed by atoms with Crippen molar-refractivity contribution in [3.05, 3.63) is 70.1 Å². The first-order valence-corrected chi connectivity index (χ1v) is 9.47. The molecule has 4 aromatic rings. The smallest absolute Gasteiger partial charge is 0.273 e. The molecule has 154 valence electrons. The number of aromatic nitrogens is 3. The Morgan fingerprint density at radius 3 is 2.60 bits per heavy atom. The summed E-state index contributed by atoms with van der Waals surface area (Å²) in [6.45, 7) is 2.26. The van der Waals surface area contributed by atoms with Crippen LogP contribution in [0.4, 0.5) is 0 Å². The van der Waals surface area contributed by atoms with E-state index in [4.69, 9.17) is 9.47 Å². The number of carbonyl (C=O) groups is 1. The predicted molar refractivity (Wildman–Crippen MR) is 113 cm³/mol. The molecular weight excluding hydrogens is 384 g/mol. The Kier molecular flexibility index (Phi) is 5.14. The van der Waals surface area contributed by atoms with Crippen molar-refractivity contribution in [2.24, 2.45) is 0 Å². The van der Waals surface area contributed by atoms with Crippen LogP contribution in [0.3, 0.4) is 0 Å². The third kappa shape index (κ3) is 3.47. The number of ether oxygens (including phenoxy) is 2. The fourth-order valence-electron chi connectivity index (χ4n) is 3.60. The van der Waals surface area contributed by atoms with Gasteiger partial charge >= 0.3 is 0 Å². The Morgan fingerprint density at radius 2 is 1.83 bits per heavy atom. The summed E-state index contributed by atoms with van der Waals surface area (Å²) >= 11 is 0. The second-order valence-electron chi connectivity index (χ2n) is 6.91. The van der Waals surface area contributed by atoms with Crippen LogP contribution in [-0.4, -0.2) is 34.3 Å². The number of benzene rings is 2. The van der Waals surface area contributed by atoms with E-state index in [-0.39, 0.29) is 18.0 Å². The Labute approximate surface area is 172 Å². The number of rotatable bonds is 6. The molecular formula is C22H22N4O4. The largest absolute Gasteiger partial charge is 0.493 e. The third-order valence-electron chi connectivity index (χ3n) is 4.98. The first-order valence-electron chi connectivity index (χ1n) is 9.47. The maximum absolute atomic E-state index is 12.7. The van der Waals surface area contributed by atoms with E-state index in [0.29, 0.717) is 29.4 Å². The number of aryl methyl sites for hydroxylation is 1. The molecule has 0 atom stereocenters. The van der Waals surface area contributed by atoms with E-state index in [0.717, 1.165) is 16.5 Å². The average Bonchev–Trinajstić information content (AvgIpc) is 3.05. The molecule has 2 aromatic heterocycles. The summed E-state index contributed by atoms with van der Waals surface area (Å²) in [4.78, 5) is 28.8. The van der Waals surface area contributed by atoms with E-state index in [9.17, 15) is 9.59 Å². The van der Waals surface area contributed by atoms with Crippen molar-refractivity contribution in [1.82, 2.24) is 19.5 Å². The summed E-state index contributed by atoms with van der Waals surface area (Å²) in [6.07, 6.45) is 0. The van der Waals surface area contributed by atoms with Gasteiger partial charge in [-0.2, -0.15) is 4.98 Å². The number of para-hydroxylation sites is 1. The Morgan fingerprint density at radius 1 is 1.07 bits per heavy atom. The fraction of sp³-hybridized carbons (Fsp3) is 0.227. The topological polar surface area (TPSA) is 86.9 Å².